The third kappa shape index (κ3) is 4.95. The zero-order valence-electron chi connectivity index (χ0n) is 17.0. The molecule has 3 aromatic carbocycles. The van der Waals surface area contributed by atoms with E-state index in [-0.39, 0.29) is 17.7 Å². The van der Waals surface area contributed by atoms with Crippen molar-refractivity contribution in [2.75, 3.05) is 18.4 Å². The average molecular weight is 399 g/mol. The number of anilines is 1. The quantitative estimate of drug-likeness (QED) is 0.673. The lowest BCUT2D eigenvalue weighted by Gasteiger charge is -2.31. The SMILES string of the molecule is O=C(Nc1ccccc1)C1CCN(C(=O)Cc2ccc(-c3ccccc3)cc2)CC1. The van der Waals surface area contributed by atoms with Crippen LogP contribution in [0.1, 0.15) is 18.4 Å². The highest BCUT2D eigenvalue weighted by molar-refractivity contribution is 5.92. The summed E-state index contributed by atoms with van der Waals surface area (Å²) in [4.78, 5) is 27.1. The normalized spacial score (nSPS) is 14.3. The Bertz CT molecular complexity index is 977. The summed E-state index contributed by atoms with van der Waals surface area (Å²) in [5.41, 5.74) is 4.16. The van der Waals surface area contributed by atoms with Crippen molar-refractivity contribution in [2.45, 2.75) is 19.3 Å². The van der Waals surface area contributed by atoms with Gasteiger partial charge in [0.1, 0.15) is 0 Å². The molecule has 4 nitrogen and oxygen atoms in total. The largest absolute Gasteiger partial charge is 0.342 e. The molecule has 1 heterocycles. The molecule has 2 amide bonds. The van der Waals surface area contributed by atoms with E-state index in [1.165, 1.54) is 5.56 Å². The van der Waals surface area contributed by atoms with Gasteiger partial charge in [0.25, 0.3) is 0 Å². The fourth-order valence-corrected chi connectivity index (χ4v) is 3.89. The van der Waals surface area contributed by atoms with E-state index in [9.17, 15) is 9.59 Å². The molecule has 0 unspecified atom stereocenters. The average Bonchev–Trinajstić information content (AvgIpc) is 2.81. The van der Waals surface area contributed by atoms with Crippen LogP contribution >= 0.6 is 0 Å². The molecule has 0 aromatic heterocycles. The fraction of sp³-hybridized carbons (Fsp3) is 0.231. The van der Waals surface area contributed by atoms with Gasteiger partial charge in [0.05, 0.1) is 6.42 Å². The Hall–Kier alpha value is -3.40. The number of rotatable bonds is 5. The van der Waals surface area contributed by atoms with Crippen LogP contribution in [0, 0.1) is 5.92 Å². The van der Waals surface area contributed by atoms with Crippen LogP contribution in [0.15, 0.2) is 84.9 Å². The first-order valence-electron chi connectivity index (χ1n) is 10.5. The highest BCUT2D eigenvalue weighted by Gasteiger charge is 2.27. The topological polar surface area (TPSA) is 49.4 Å². The number of carbonyl (C=O) groups is 2. The van der Waals surface area contributed by atoms with E-state index in [1.54, 1.807) is 0 Å². The summed E-state index contributed by atoms with van der Waals surface area (Å²) in [6.07, 6.45) is 1.81. The Morgan fingerprint density at radius 1 is 0.767 bits per heavy atom. The molecule has 1 aliphatic heterocycles. The summed E-state index contributed by atoms with van der Waals surface area (Å²) in [5, 5.41) is 2.97. The number of carbonyl (C=O) groups excluding carboxylic acids is 2. The Balaban J connectivity index is 1.28. The third-order valence-corrected chi connectivity index (χ3v) is 5.68. The summed E-state index contributed by atoms with van der Waals surface area (Å²) in [6, 6.07) is 27.9. The van der Waals surface area contributed by atoms with Crippen molar-refractivity contribution >= 4 is 17.5 Å². The summed E-state index contributed by atoms with van der Waals surface area (Å²) < 4.78 is 0. The second-order valence-corrected chi connectivity index (χ2v) is 7.75. The smallest absolute Gasteiger partial charge is 0.227 e. The van der Waals surface area contributed by atoms with Crippen LogP contribution in [0.5, 0.6) is 0 Å². The minimum absolute atomic E-state index is 0.0422. The van der Waals surface area contributed by atoms with E-state index in [0.717, 1.165) is 16.8 Å². The highest BCUT2D eigenvalue weighted by atomic mass is 16.2. The van der Waals surface area contributed by atoms with Crippen molar-refractivity contribution in [1.29, 1.82) is 0 Å². The molecule has 0 saturated carbocycles. The van der Waals surface area contributed by atoms with Gasteiger partial charge in [-0.25, -0.2) is 0 Å². The predicted octanol–water partition coefficient (Wildman–Crippen LogP) is 4.77. The van der Waals surface area contributed by atoms with Gasteiger partial charge < -0.3 is 10.2 Å². The van der Waals surface area contributed by atoms with Gasteiger partial charge in [-0.15, -0.1) is 0 Å². The molecule has 1 saturated heterocycles. The van der Waals surface area contributed by atoms with E-state index < -0.39 is 0 Å². The van der Waals surface area contributed by atoms with Gasteiger partial charge in [-0.3, -0.25) is 9.59 Å². The second-order valence-electron chi connectivity index (χ2n) is 7.75. The molecule has 1 fully saturated rings. The van der Waals surface area contributed by atoms with Crippen LogP contribution in [0.25, 0.3) is 11.1 Å². The molecule has 30 heavy (non-hydrogen) atoms. The van der Waals surface area contributed by atoms with Gasteiger partial charge in [-0.05, 0) is 41.7 Å². The summed E-state index contributed by atoms with van der Waals surface area (Å²) >= 11 is 0. The molecule has 0 spiro atoms. The number of nitrogens with zero attached hydrogens (tertiary/aromatic N) is 1. The molecular weight excluding hydrogens is 372 g/mol. The Labute approximate surface area is 177 Å². The Kier molecular flexibility index (Phi) is 6.23. The van der Waals surface area contributed by atoms with Gasteiger partial charge in [0.15, 0.2) is 0 Å². The van der Waals surface area contributed by atoms with Crippen LogP contribution in [0.3, 0.4) is 0 Å². The van der Waals surface area contributed by atoms with Crippen molar-refractivity contribution < 1.29 is 9.59 Å². The van der Waals surface area contributed by atoms with Crippen molar-refractivity contribution in [1.82, 2.24) is 4.90 Å². The molecule has 1 N–H and O–H groups in total. The van der Waals surface area contributed by atoms with Crippen LogP contribution in [0.2, 0.25) is 0 Å². The molecule has 152 valence electrons. The lowest BCUT2D eigenvalue weighted by molar-refractivity contribution is -0.133. The van der Waals surface area contributed by atoms with Gasteiger partial charge >= 0.3 is 0 Å². The zero-order valence-corrected chi connectivity index (χ0v) is 17.0. The first-order chi connectivity index (χ1) is 14.7. The molecule has 0 radical (unpaired) electrons. The van der Waals surface area contributed by atoms with Gasteiger partial charge in [-0.2, -0.15) is 0 Å². The number of para-hydroxylation sites is 1. The summed E-state index contributed by atoms with van der Waals surface area (Å²) in [7, 11) is 0. The number of likely N-dealkylation sites (tertiary alicyclic amines) is 1. The maximum absolute atomic E-state index is 12.7. The molecule has 3 aromatic rings. The van der Waals surface area contributed by atoms with E-state index >= 15 is 0 Å². The molecule has 4 rings (SSSR count). The van der Waals surface area contributed by atoms with Crippen molar-refractivity contribution in [2.24, 2.45) is 5.92 Å². The number of nitrogens with one attached hydrogen (secondary N) is 1. The summed E-state index contributed by atoms with van der Waals surface area (Å²) in [6.45, 7) is 1.27. The van der Waals surface area contributed by atoms with E-state index in [2.05, 4.69) is 29.6 Å². The lowest BCUT2D eigenvalue weighted by Crippen LogP contribution is -2.42. The first-order valence-corrected chi connectivity index (χ1v) is 10.5. The molecule has 0 aliphatic carbocycles. The standard InChI is InChI=1S/C26H26N2O2/c29-25(19-20-11-13-22(14-12-20)21-7-3-1-4-8-21)28-17-15-23(16-18-28)26(30)27-24-9-5-2-6-10-24/h1-14,23H,15-19H2,(H,27,30). The molecule has 0 bridgehead atoms. The van der Waals surface area contributed by atoms with Gasteiger partial charge in [-0.1, -0.05) is 72.8 Å². The van der Waals surface area contributed by atoms with E-state index in [1.807, 2.05) is 65.6 Å². The third-order valence-electron chi connectivity index (χ3n) is 5.68. The maximum Gasteiger partial charge on any atom is 0.227 e. The number of hydrogen-bond acceptors (Lipinski definition) is 2. The Morgan fingerprint density at radius 3 is 1.97 bits per heavy atom. The summed E-state index contributed by atoms with van der Waals surface area (Å²) in [5.74, 6) is 0.133. The van der Waals surface area contributed by atoms with Crippen molar-refractivity contribution in [3.8, 4) is 11.1 Å². The van der Waals surface area contributed by atoms with E-state index in [4.69, 9.17) is 0 Å². The molecule has 1 aliphatic rings. The van der Waals surface area contributed by atoms with E-state index in [0.29, 0.717) is 32.4 Å². The molecule has 0 atom stereocenters. The van der Waals surface area contributed by atoms with Crippen molar-refractivity contribution in [3.63, 3.8) is 0 Å². The van der Waals surface area contributed by atoms with Crippen LogP contribution in [-0.4, -0.2) is 29.8 Å². The lowest BCUT2D eigenvalue weighted by atomic mass is 9.95. The van der Waals surface area contributed by atoms with Crippen molar-refractivity contribution in [3.05, 3.63) is 90.5 Å². The monoisotopic (exact) mass is 398 g/mol. The Morgan fingerprint density at radius 2 is 1.33 bits per heavy atom. The minimum Gasteiger partial charge on any atom is -0.342 e. The van der Waals surface area contributed by atoms with Gasteiger partial charge in [0, 0.05) is 24.7 Å². The second kappa shape index (κ2) is 9.40. The van der Waals surface area contributed by atoms with Crippen LogP contribution < -0.4 is 5.32 Å². The number of hydrogen-bond donors (Lipinski definition) is 1. The number of benzene rings is 3. The first kappa shape index (κ1) is 19.9. The predicted molar refractivity (Wildman–Crippen MR) is 120 cm³/mol. The maximum atomic E-state index is 12.7. The van der Waals surface area contributed by atoms with Crippen LogP contribution in [-0.2, 0) is 16.0 Å². The molecular formula is C26H26N2O2. The highest BCUT2D eigenvalue weighted by Crippen LogP contribution is 2.22. The minimum atomic E-state index is -0.0422. The van der Waals surface area contributed by atoms with Crippen LogP contribution in [0.4, 0.5) is 5.69 Å². The molecule has 4 heteroatoms. The number of amides is 2. The zero-order chi connectivity index (χ0) is 20.8. The fourth-order valence-electron chi connectivity index (χ4n) is 3.89. The van der Waals surface area contributed by atoms with Gasteiger partial charge in [0.2, 0.25) is 11.8 Å². The number of piperidine rings is 1.